The molecule has 2 aliphatic rings. The molecular weight excluding hydrogens is 676 g/mol. The number of pyridine rings is 1. The normalized spacial score (nSPS) is 16.3. The quantitative estimate of drug-likeness (QED) is 0.0652. The fourth-order valence-electron chi connectivity index (χ4n) is 7.51. The Kier molecular flexibility index (Phi) is 10.2. The van der Waals surface area contributed by atoms with Crippen molar-refractivity contribution in [3.8, 4) is 21.8 Å². The highest BCUT2D eigenvalue weighted by Crippen LogP contribution is 2.48. The van der Waals surface area contributed by atoms with Crippen molar-refractivity contribution in [2.24, 2.45) is 0 Å². The smallest absolute Gasteiger partial charge is 0.337 e. The minimum atomic E-state index is -1.10. The summed E-state index contributed by atoms with van der Waals surface area (Å²) in [5, 5.41) is 2.88. The van der Waals surface area contributed by atoms with Gasteiger partial charge in [0, 0.05) is 29.4 Å². The number of rotatable bonds is 9. The topological polar surface area (TPSA) is 105 Å². The Morgan fingerprint density at radius 1 is 1.02 bits per heavy atom. The number of carbonyl (C=O) groups is 2. The summed E-state index contributed by atoms with van der Waals surface area (Å²) < 4.78 is 12.6. The van der Waals surface area contributed by atoms with Crippen LogP contribution in [0.15, 0.2) is 42.5 Å². The highest BCUT2D eigenvalue weighted by atomic mass is 35.5. The van der Waals surface area contributed by atoms with Crippen LogP contribution in [-0.2, 0) is 30.7 Å². The number of alkyl halides is 1. The van der Waals surface area contributed by atoms with Gasteiger partial charge in [-0.05, 0) is 74.1 Å². The van der Waals surface area contributed by atoms with E-state index in [1.807, 2.05) is 36.6 Å². The Balaban J connectivity index is 1.51. The van der Waals surface area contributed by atoms with Crippen molar-refractivity contribution in [1.82, 2.24) is 19.4 Å². The molecule has 1 saturated heterocycles. The lowest BCUT2D eigenvalue weighted by Gasteiger charge is -2.30. The maximum Gasteiger partial charge on any atom is 0.337 e. The standard InChI is InChI=1S/C38H41ClN4O6S/c1-22-35(50-23(2)40-22)30-13-11-25-18-29(27(21-49-47-4)19-31(25)41-30)34-33(24-8-6-5-7-9-24)28-12-10-26(38(45)46-3)20-32(28)43(34)36(39)37(44)42-14-16-48-17-15-42/h10-13,18-20,24,36H,5-9,14-17,21H2,1-4H3. The predicted molar refractivity (Wildman–Crippen MR) is 195 cm³/mol. The molecule has 50 heavy (non-hydrogen) atoms. The number of aromatic nitrogens is 3. The van der Waals surface area contributed by atoms with Crippen LogP contribution in [0.4, 0.5) is 0 Å². The molecule has 1 atom stereocenters. The first-order chi connectivity index (χ1) is 24.3. The van der Waals surface area contributed by atoms with Crippen molar-refractivity contribution >= 4 is 56.6 Å². The van der Waals surface area contributed by atoms with E-state index in [-0.39, 0.29) is 18.4 Å². The van der Waals surface area contributed by atoms with Gasteiger partial charge in [0.25, 0.3) is 5.91 Å². The second kappa shape index (κ2) is 14.8. The largest absolute Gasteiger partial charge is 0.465 e. The Bertz CT molecular complexity index is 2060. The summed E-state index contributed by atoms with van der Waals surface area (Å²) in [7, 11) is 2.85. The second-order valence-electron chi connectivity index (χ2n) is 12.9. The fraction of sp³-hybridized carbons (Fsp3) is 0.421. The summed E-state index contributed by atoms with van der Waals surface area (Å²) >= 11 is 8.99. The highest BCUT2D eigenvalue weighted by molar-refractivity contribution is 7.15. The predicted octanol–water partition coefficient (Wildman–Crippen LogP) is 8.11. The van der Waals surface area contributed by atoms with E-state index in [1.165, 1.54) is 20.6 Å². The molecule has 1 amide bonds. The number of benzene rings is 2. The molecule has 262 valence electrons. The first kappa shape index (κ1) is 34.6. The van der Waals surface area contributed by atoms with Gasteiger partial charge in [0.05, 0.1) is 71.0 Å². The number of fused-ring (bicyclic) bond motifs is 2. The highest BCUT2D eigenvalue weighted by Gasteiger charge is 2.34. The van der Waals surface area contributed by atoms with E-state index in [2.05, 4.69) is 17.1 Å². The second-order valence-corrected chi connectivity index (χ2v) is 14.6. The zero-order valence-corrected chi connectivity index (χ0v) is 30.4. The van der Waals surface area contributed by atoms with E-state index >= 15 is 0 Å². The third-order valence-corrected chi connectivity index (χ3v) is 11.3. The summed E-state index contributed by atoms with van der Waals surface area (Å²) in [6.07, 6.45) is 5.40. The van der Waals surface area contributed by atoms with Gasteiger partial charge in [-0.1, -0.05) is 43.0 Å². The lowest BCUT2D eigenvalue weighted by Crippen LogP contribution is -2.43. The molecule has 4 heterocycles. The third kappa shape index (κ3) is 6.53. The first-order valence-corrected chi connectivity index (χ1v) is 18.3. The third-order valence-electron chi connectivity index (χ3n) is 9.87. The van der Waals surface area contributed by atoms with Crippen LogP contribution in [0.1, 0.15) is 75.7 Å². The zero-order chi connectivity index (χ0) is 34.9. The molecule has 2 fully saturated rings. The molecule has 0 spiro atoms. The summed E-state index contributed by atoms with van der Waals surface area (Å²) in [5.41, 5.74) is 6.25. The Labute approximate surface area is 300 Å². The number of carbonyl (C=O) groups excluding carboxylic acids is 2. The zero-order valence-electron chi connectivity index (χ0n) is 28.8. The summed E-state index contributed by atoms with van der Waals surface area (Å²) in [4.78, 5) is 50.3. The number of amides is 1. The number of hydrogen-bond acceptors (Lipinski definition) is 9. The molecule has 1 saturated carbocycles. The minimum Gasteiger partial charge on any atom is -0.465 e. The van der Waals surface area contributed by atoms with Crippen LogP contribution >= 0.6 is 22.9 Å². The van der Waals surface area contributed by atoms with Crippen LogP contribution in [0.2, 0.25) is 0 Å². The van der Waals surface area contributed by atoms with Gasteiger partial charge in [-0.25, -0.2) is 24.5 Å². The van der Waals surface area contributed by atoms with Gasteiger partial charge < -0.3 is 18.9 Å². The number of nitrogens with zero attached hydrogens (tertiary/aromatic N) is 4. The number of aryl methyl sites for hydroxylation is 2. The molecule has 7 rings (SSSR count). The van der Waals surface area contributed by atoms with E-state index in [0.29, 0.717) is 37.4 Å². The molecule has 1 aliphatic heterocycles. The molecule has 0 bridgehead atoms. The number of morpholine rings is 1. The lowest BCUT2D eigenvalue weighted by molar-refractivity contribution is -0.282. The number of halogens is 1. The average Bonchev–Trinajstić information content (AvgIpc) is 3.68. The molecule has 0 N–H and O–H groups in total. The molecule has 5 aromatic rings. The molecule has 0 radical (unpaired) electrons. The van der Waals surface area contributed by atoms with Gasteiger partial charge in [0.2, 0.25) is 0 Å². The monoisotopic (exact) mass is 716 g/mol. The van der Waals surface area contributed by atoms with Crippen LogP contribution in [0.5, 0.6) is 0 Å². The van der Waals surface area contributed by atoms with Gasteiger partial charge in [0.1, 0.15) is 6.61 Å². The first-order valence-electron chi connectivity index (χ1n) is 17.1. The summed E-state index contributed by atoms with van der Waals surface area (Å²) in [6, 6.07) is 13.8. The van der Waals surface area contributed by atoms with Crippen molar-refractivity contribution < 1.29 is 28.8 Å². The Hall–Kier alpha value is -3.87. The number of thiazole rings is 1. The fourth-order valence-corrected chi connectivity index (χ4v) is 8.74. The van der Waals surface area contributed by atoms with Crippen LogP contribution < -0.4 is 0 Å². The van der Waals surface area contributed by atoms with Crippen LogP contribution in [0.25, 0.3) is 43.6 Å². The SMILES string of the molecule is COOCc1cc2nc(-c3sc(C)nc3C)ccc2cc1-c1c(C2CCCCC2)c2ccc(C(=O)OC)cc2n1C(Cl)C(=O)N1CCOCC1. The molecule has 10 nitrogen and oxygen atoms in total. The van der Waals surface area contributed by atoms with Crippen molar-refractivity contribution in [2.75, 3.05) is 40.5 Å². The minimum absolute atomic E-state index is 0.135. The maximum atomic E-state index is 14.2. The molecule has 12 heteroatoms. The van der Waals surface area contributed by atoms with Gasteiger partial charge >= 0.3 is 5.97 Å². The van der Waals surface area contributed by atoms with E-state index in [0.717, 1.165) is 85.6 Å². The van der Waals surface area contributed by atoms with Crippen molar-refractivity contribution in [3.05, 3.63) is 69.9 Å². The van der Waals surface area contributed by atoms with Gasteiger partial charge in [-0.3, -0.25) is 4.79 Å². The van der Waals surface area contributed by atoms with Gasteiger partial charge in [-0.15, -0.1) is 11.3 Å². The Morgan fingerprint density at radius 2 is 1.80 bits per heavy atom. The van der Waals surface area contributed by atoms with E-state index in [1.54, 1.807) is 28.4 Å². The molecular formula is C38H41ClN4O6S. The van der Waals surface area contributed by atoms with Crippen molar-refractivity contribution in [1.29, 1.82) is 0 Å². The van der Waals surface area contributed by atoms with Crippen LogP contribution in [0.3, 0.4) is 0 Å². The summed E-state index contributed by atoms with van der Waals surface area (Å²) in [5.74, 6) is -0.457. The van der Waals surface area contributed by atoms with E-state index < -0.39 is 11.5 Å². The van der Waals surface area contributed by atoms with Crippen LogP contribution in [0, 0.1) is 13.8 Å². The van der Waals surface area contributed by atoms with Crippen LogP contribution in [-0.4, -0.2) is 71.8 Å². The Morgan fingerprint density at radius 3 is 2.50 bits per heavy atom. The lowest BCUT2D eigenvalue weighted by atomic mass is 9.81. The summed E-state index contributed by atoms with van der Waals surface area (Å²) in [6.45, 7) is 5.95. The molecule has 1 aliphatic carbocycles. The maximum absolute atomic E-state index is 14.2. The van der Waals surface area contributed by atoms with E-state index in [4.69, 9.17) is 35.8 Å². The van der Waals surface area contributed by atoms with Crippen molar-refractivity contribution in [2.45, 2.75) is 64.0 Å². The number of hydrogen-bond donors (Lipinski definition) is 0. The van der Waals surface area contributed by atoms with Crippen molar-refractivity contribution in [3.63, 3.8) is 0 Å². The molecule has 2 aromatic carbocycles. The number of methoxy groups -OCH3 is 1. The number of esters is 1. The van der Waals surface area contributed by atoms with Gasteiger partial charge in [0.15, 0.2) is 5.50 Å². The average molecular weight is 717 g/mol. The van der Waals surface area contributed by atoms with E-state index in [9.17, 15) is 9.59 Å². The molecule has 1 unspecified atom stereocenters. The van der Waals surface area contributed by atoms with Gasteiger partial charge in [-0.2, -0.15) is 0 Å². The molecule has 3 aromatic heterocycles. The number of ether oxygens (including phenoxy) is 2.